The number of hydrogen-bond acceptors (Lipinski definition) is 6. The van der Waals surface area contributed by atoms with Gasteiger partial charge in [-0.2, -0.15) is 0 Å². The van der Waals surface area contributed by atoms with Crippen LogP contribution in [0.4, 0.5) is 11.4 Å². The Kier molecular flexibility index (Phi) is 6.28. The van der Waals surface area contributed by atoms with Crippen molar-refractivity contribution in [2.75, 3.05) is 23.5 Å². The summed E-state index contributed by atoms with van der Waals surface area (Å²) < 4.78 is 5.26. The van der Waals surface area contributed by atoms with Crippen molar-refractivity contribution in [3.8, 4) is 17.1 Å². The van der Waals surface area contributed by atoms with Crippen LogP contribution in [0.25, 0.3) is 11.4 Å². The van der Waals surface area contributed by atoms with E-state index in [9.17, 15) is 9.59 Å². The first kappa shape index (κ1) is 19.4. The van der Waals surface area contributed by atoms with Gasteiger partial charge < -0.3 is 15.4 Å². The average molecular weight is 397 g/mol. The maximum Gasteiger partial charge on any atom is 0.234 e. The Balaban J connectivity index is 1.61. The van der Waals surface area contributed by atoms with Crippen LogP contribution in [0, 0.1) is 0 Å². The highest BCUT2D eigenvalue weighted by molar-refractivity contribution is 7.99. The van der Waals surface area contributed by atoms with Gasteiger partial charge in [-0.3, -0.25) is 14.7 Å². The monoisotopic (exact) mass is 397 g/mol. The second kappa shape index (κ2) is 9.05. The van der Waals surface area contributed by atoms with Crippen LogP contribution in [-0.4, -0.2) is 39.9 Å². The minimum Gasteiger partial charge on any atom is -0.495 e. The molecule has 0 aliphatic carbocycles. The quantitative estimate of drug-likeness (QED) is 0.529. The number of aromatic nitrogens is 3. The van der Waals surface area contributed by atoms with Gasteiger partial charge in [0, 0.05) is 18.2 Å². The predicted octanol–water partition coefficient (Wildman–Crippen LogP) is 3.17. The predicted molar refractivity (Wildman–Crippen MR) is 108 cm³/mol. The van der Waals surface area contributed by atoms with Crippen LogP contribution in [0.1, 0.15) is 6.92 Å². The Labute approximate surface area is 166 Å². The normalized spacial score (nSPS) is 10.4. The van der Waals surface area contributed by atoms with Crippen LogP contribution >= 0.6 is 11.8 Å². The molecule has 0 unspecified atom stereocenters. The summed E-state index contributed by atoms with van der Waals surface area (Å²) in [7, 11) is 1.51. The SMILES string of the molecule is COc1ccc(NC(C)=O)cc1NC(=O)CSc1n[nH]c(-c2ccccc2)n1. The van der Waals surface area contributed by atoms with Crippen LogP contribution in [0.2, 0.25) is 0 Å². The Morgan fingerprint density at radius 1 is 1.14 bits per heavy atom. The molecule has 3 N–H and O–H groups in total. The van der Waals surface area contributed by atoms with E-state index in [0.29, 0.717) is 28.1 Å². The minimum absolute atomic E-state index is 0.125. The van der Waals surface area contributed by atoms with E-state index in [0.717, 1.165) is 5.56 Å². The van der Waals surface area contributed by atoms with Crippen LogP contribution in [-0.2, 0) is 9.59 Å². The molecule has 2 amide bonds. The summed E-state index contributed by atoms with van der Waals surface area (Å²) in [5, 5.41) is 12.9. The molecule has 8 nitrogen and oxygen atoms in total. The maximum absolute atomic E-state index is 12.3. The van der Waals surface area contributed by atoms with Crippen molar-refractivity contribution in [1.29, 1.82) is 0 Å². The van der Waals surface area contributed by atoms with Crippen molar-refractivity contribution in [2.45, 2.75) is 12.1 Å². The summed E-state index contributed by atoms with van der Waals surface area (Å²) in [5.74, 6) is 0.829. The molecule has 3 rings (SSSR count). The smallest absolute Gasteiger partial charge is 0.234 e. The number of benzene rings is 2. The van der Waals surface area contributed by atoms with Crippen molar-refractivity contribution >= 4 is 35.0 Å². The first-order valence-corrected chi connectivity index (χ1v) is 9.40. The summed E-state index contributed by atoms with van der Waals surface area (Å²) in [6, 6.07) is 14.6. The first-order valence-electron chi connectivity index (χ1n) is 8.41. The van der Waals surface area contributed by atoms with Gasteiger partial charge in [-0.25, -0.2) is 4.98 Å². The zero-order valence-electron chi connectivity index (χ0n) is 15.4. The van der Waals surface area contributed by atoms with Crippen molar-refractivity contribution in [3.63, 3.8) is 0 Å². The topological polar surface area (TPSA) is 109 Å². The van der Waals surface area contributed by atoms with Crippen molar-refractivity contribution in [2.24, 2.45) is 0 Å². The van der Waals surface area contributed by atoms with Gasteiger partial charge in [-0.05, 0) is 18.2 Å². The van der Waals surface area contributed by atoms with Crippen molar-refractivity contribution in [1.82, 2.24) is 15.2 Å². The number of ether oxygens (including phenoxy) is 1. The highest BCUT2D eigenvalue weighted by atomic mass is 32.2. The highest BCUT2D eigenvalue weighted by Gasteiger charge is 2.12. The second-order valence-corrected chi connectivity index (χ2v) is 6.71. The molecule has 2 aromatic carbocycles. The fourth-order valence-corrected chi connectivity index (χ4v) is 3.04. The van der Waals surface area contributed by atoms with Gasteiger partial charge in [0.15, 0.2) is 5.82 Å². The largest absolute Gasteiger partial charge is 0.495 e. The van der Waals surface area contributed by atoms with Gasteiger partial charge >= 0.3 is 0 Å². The number of carbonyl (C=O) groups excluding carboxylic acids is 2. The number of H-pyrrole nitrogens is 1. The number of nitrogens with zero attached hydrogens (tertiary/aromatic N) is 2. The molecule has 0 radical (unpaired) electrons. The van der Waals surface area contributed by atoms with Gasteiger partial charge in [0.2, 0.25) is 17.0 Å². The molecule has 0 aliphatic heterocycles. The van der Waals surface area contributed by atoms with Gasteiger partial charge in [0.05, 0.1) is 18.6 Å². The Bertz CT molecular complexity index is 975. The first-order chi connectivity index (χ1) is 13.5. The zero-order chi connectivity index (χ0) is 19.9. The van der Waals surface area contributed by atoms with E-state index in [-0.39, 0.29) is 17.6 Å². The summed E-state index contributed by atoms with van der Waals surface area (Å²) in [6.07, 6.45) is 0. The number of amides is 2. The zero-order valence-corrected chi connectivity index (χ0v) is 16.2. The molecular weight excluding hydrogens is 378 g/mol. The third-order valence-electron chi connectivity index (χ3n) is 3.64. The van der Waals surface area contributed by atoms with Crippen LogP contribution in [0.5, 0.6) is 5.75 Å². The molecule has 0 saturated carbocycles. The molecule has 9 heteroatoms. The summed E-state index contributed by atoms with van der Waals surface area (Å²) in [5.41, 5.74) is 1.96. The molecule has 0 fully saturated rings. The van der Waals surface area contributed by atoms with E-state index >= 15 is 0 Å². The number of methoxy groups -OCH3 is 1. The van der Waals surface area contributed by atoms with Crippen LogP contribution < -0.4 is 15.4 Å². The lowest BCUT2D eigenvalue weighted by atomic mass is 10.2. The van der Waals surface area contributed by atoms with Gasteiger partial charge in [0.25, 0.3) is 0 Å². The molecule has 0 spiro atoms. The number of rotatable bonds is 7. The maximum atomic E-state index is 12.3. The minimum atomic E-state index is -0.241. The molecule has 0 aliphatic rings. The number of carbonyl (C=O) groups is 2. The third kappa shape index (κ3) is 5.10. The van der Waals surface area contributed by atoms with E-state index in [4.69, 9.17) is 4.74 Å². The number of anilines is 2. The average Bonchev–Trinajstić information content (AvgIpc) is 3.16. The Morgan fingerprint density at radius 2 is 1.93 bits per heavy atom. The molecular formula is C19H19N5O3S. The molecule has 1 heterocycles. The van der Waals surface area contributed by atoms with Crippen LogP contribution in [0.15, 0.2) is 53.7 Å². The highest BCUT2D eigenvalue weighted by Crippen LogP contribution is 2.28. The standard InChI is InChI=1S/C19H19N5O3S/c1-12(25)20-14-8-9-16(27-2)15(10-14)21-17(26)11-28-19-22-18(23-24-19)13-6-4-3-5-7-13/h3-10H,11H2,1-2H3,(H,20,25)(H,21,26)(H,22,23,24). The molecule has 0 saturated heterocycles. The molecule has 0 bridgehead atoms. The third-order valence-corrected chi connectivity index (χ3v) is 4.49. The number of thioether (sulfide) groups is 1. The lowest BCUT2D eigenvalue weighted by Crippen LogP contribution is -2.15. The van der Waals surface area contributed by atoms with Crippen LogP contribution in [0.3, 0.4) is 0 Å². The Hall–Kier alpha value is -3.33. The molecule has 3 aromatic rings. The van der Waals surface area contributed by atoms with E-state index in [2.05, 4.69) is 25.8 Å². The Morgan fingerprint density at radius 3 is 2.64 bits per heavy atom. The lowest BCUT2D eigenvalue weighted by molar-refractivity contribution is -0.114. The van der Waals surface area contributed by atoms with E-state index in [1.165, 1.54) is 25.8 Å². The fourth-order valence-electron chi connectivity index (χ4n) is 2.44. The second-order valence-electron chi connectivity index (χ2n) is 5.77. The van der Waals surface area contributed by atoms with Crippen molar-refractivity contribution in [3.05, 3.63) is 48.5 Å². The number of hydrogen-bond donors (Lipinski definition) is 3. The van der Waals surface area contributed by atoms with Gasteiger partial charge in [-0.1, -0.05) is 42.1 Å². The van der Waals surface area contributed by atoms with Gasteiger partial charge in [0.1, 0.15) is 5.75 Å². The lowest BCUT2D eigenvalue weighted by Gasteiger charge is -2.12. The van der Waals surface area contributed by atoms with Crippen molar-refractivity contribution < 1.29 is 14.3 Å². The molecule has 0 atom stereocenters. The summed E-state index contributed by atoms with van der Waals surface area (Å²) in [4.78, 5) is 27.9. The molecule has 144 valence electrons. The number of aromatic amines is 1. The summed E-state index contributed by atoms with van der Waals surface area (Å²) in [6.45, 7) is 1.42. The van der Waals surface area contributed by atoms with Gasteiger partial charge in [-0.15, -0.1) is 5.10 Å². The number of nitrogens with one attached hydrogen (secondary N) is 3. The molecule has 28 heavy (non-hydrogen) atoms. The fraction of sp³-hybridized carbons (Fsp3) is 0.158. The van der Waals surface area contributed by atoms with E-state index < -0.39 is 0 Å². The van der Waals surface area contributed by atoms with E-state index in [1.54, 1.807) is 18.2 Å². The summed E-state index contributed by atoms with van der Waals surface area (Å²) >= 11 is 1.22. The molecule has 1 aromatic heterocycles. The van der Waals surface area contributed by atoms with E-state index in [1.807, 2.05) is 30.3 Å².